The van der Waals surface area contributed by atoms with E-state index < -0.39 is 24.0 Å². The van der Waals surface area contributed by atoms with Crippen LogP contribution in [0.4, 0.5) is 4.79 Å². The number of hydrogen-bond donors (Lipinski definition) is 2. The van der Waals surface area contributed by atoms with Crippen LogP contribution in [0.2, 0.25) is 0 Å². The number of carbonyl (C=O) groups excluding carboxylic acids is 1. The van der Waals surface area contributed by atoms with Gasteiger partial charge in [0, 0.05) is 12.1 Å². The second kappa shape index (κ2) is 4.63. The number of rotatable bonds is 2. The molecule has 3 atom stereocenters. The fourth-order valence-electron chi connectivity index (χ4n) is 2.26. The van der Waals surface area contributed by atoms with Gasteiger partial charge in [-0.3, -0.25) is 4.84 Å². The molecule has 3 heterocycles. The smallest absolute Gasteiger partial charge is 0.492 e. The van der Waals surface area contributed by atoms with Crippen LogP contribution in [0.3, 0.4) is 0 Å². The molecule has 2 saturated heterocycles. The molecule has 1 aromatic rings. The molecule has 2 N–H and O–H groups in total. The van der Waals surface area contributed by atoms with Crippen LogP contribution in [-0.2, 0) is 14.2 Å². The van der Waals surface area contributed by atoms with Crippen LogP contribution in [0.5, 0.6) is 11.8 Å². The van der Waals surface area contributed by atoms with Crippen molar-refractivity contribution in [1.82, 2.24) is 4.73 Å². The summed E-state index contributed by atoms with van der Waals surface area (Å²) in [7, 11) is 0. The molecule has 0 bridgehead atoms. The Kier molecular flexibility index (Phi) is 2.96. The van der Waals surface area contributed by atoms with Gasteiger partial charge in [0.25, 0.3) is 0 Å². The van der Waals surface area contributed by atoms with Gasteiger partial charge in [0.15, 0.2) is 6.29 Å². The Hall–Kier alpha value is -1.93. The minimum Gasteiger partial charge on any atom is -0.492 e. The van der Waals surface area contributed by atoms with Crippen LogP contribution >= 0.6 is 0 Å². The van der Waals surface area contributed by atoms with E-state index in [2.05, 4.69) is 4.84 Å². The minimum atomic E-state index is -1.03. The summed E-state index contributed by atoms with van der Waals surface area (Å²) in [5, 5.41) is 18.6. The summed E-state index contributed by atoms with van der Waals surface area (Å²) in [4.78, 5) is 16.3. The third-order valence-corrected chi connectivity index (χ3v) is 3.20. The molecule has 8 heteroatoms. The summed E-state index contributed by atoms with van der Waals surface area (Å²) >= 11 is 0. The second-order valence-electron chi connectivity index (χ2n) is 4.37. The van der Waals surface area contributed by atoms with Crippen LogP contribution in [0.1, 0.15) is 6.42 Å². The maximum Gasteiger partial charge on any atom is 0.534 e. The van der Waals surface area contributed by atoms with Crippen molar-refractivity contribution in [3.05, 3.63) is 12.1 Å². The monoisotopic (exact) mass is 271 g/mol. The van der Waals surface area contributed by atoms with Gasteiger partial charge in [-0.2, -0.15) is 0 Å². The topological polar surface area (TPSA) is 99.4 Å². The van der Waals surface area contributed by atoms with E-state index in [-0.39, 0.29) is 18.8 Å². The van der Waals surface area contributed by atoms with E-state index in [0.29, 0.717) is 11.3 Å². The third-order valence-electron chi connectivity index (χ3n) is 3.20. The lowest BCUT2D eigenvalue weighted by atomic mass is 10.0. The molecule has 0 aromatic carbocycles. The molecule has 0 spiro atoms. The number of hydrogen-bond acceptors (Lipinski definition) is 7. The highest BCUT2D eigenvalue weighted by atomic mass is 16.8. The highest BCUT2D eigenvalue weighted by Gasteiger charge is 2.44. The average molecular weight is 271 g/mol. The van der Waals surface area contributed by atoms with Crippen molar-refractivity contribution in [2.24, 2.45) is 5.92 Å². The van der Waals surface area contributed by atoms with Crippen molar-refractivity contribution in [3.8, 4) is 11.8 Å². The van der Waals surface area contributed by atoms with E-state index in [4.69, 9.17) is 14.2 Å². The lowest BCUT2D eigenvalue weighted by Crippen LogP contribution is -2.30. The Balaban J connectivity index is 1.60. The number of nitrogens with zero attached hydrogens (tertiary/aromatic N) is 1. The molecule has 0 aliphatic carbocycles. The highest BCUT2D eigenvalue weighted by Crippen LogP contribution is 2.33. The summed E-state index contributed by atoms with van der Waals surface area (Å²) < 4.78 is 16.3. The molecule has 3 rings (SSSR count). The van der Waals surface area contributed by atoms with Crippen LogP contribution < -0.4 is 4.84 Å². The van der Waals surface area contributed by atoms with Gasteiger partial charge in [0.2, 0.25) is 11.8 Å². The SMILES string of the molecule is O=C(O[C@H]1CO[C@@H]2OCC[C@H]21)On1c(O)ccc1O. The third kappa shape index (κ3) is 2.20. The molecule has 8 nitrogen and oxygen atoms in total. The standard InChI is InChI=1S/C11H13NO7/c13-8-1-2-9(14)12(8)19-11(15)18-7-5-17-10-6(7)3-4-16-10/h1-2,6-7,10,13-14H,3-5H2/t6-,7-,10-/m0/s1. The van der Waals surface area contributed by atoms with Crippen molar-refractivity contribution in [2.45, 2.75) is 18.8 Å². The first-order valence-corrected chi connectivity index (χ1v) is 5.87. The van der Waals surface area contributed by atoms with E-state index in [0.717, 1.165) is 6.42 Å². The van der Waals surface area contributed by atoms with Gasteiger partial charge in [-0.05, 0) is 6.42 Å². The van der Waals surface area contributed by atoms with Gasteiger partial charge in [-0.1, -0.05) is 0 Å². The molecular formula is C11H13NO7. The van der Waals surface area contributed by atoms with E-state index in [1.54, 1.807) is 0 Å². The van der Waals surface area contributed by atoms with Crippen LogP contribution in [0.15, 0.2) is 12.1 Å². The zero-order chi connectivity index (χ0) is 13.4. The lowest BCUT2D eigenvalue weighted by molar-refractivity contribution is -0.0908. The fourth-order valence-corrected chi connectivity index (χ4v) is 2.26. The number of carbonyl (C=O) groups is 1. The van der Waals surface area contributed by atoms with Crippen LogP contribution in [0, 0.1) is 5.92 Å². The van der Waals surface area contributed by atoms with Gasteiger partial charge >= 0.3 is 6.16 Å². The molecule has 1 aromatic heterocycles. The molecule has 2 aliphatic heterocycles. The van der Waals surface area contributed by atoms with Gasteiger partial charge in [0.05, 0.1) is 19.1 Å². The predicted octanol–water partition coefficient (Wildman–Crippen LogP) is 0.226. The molecule has 0 saturated carbocycles. The first-order chi connectivity index (χ1) is 9.15. The fraction of sp³-hybridized carbons (Fsp3) is 0.545. The molecule has 0 radical (unpaired) electrons. The molecule has 0 amide bonds. The molecule has 0 unspecified atom stereocenters. The Labute approximate surface area is 108 Å². The van der Waals surface area contributed by atoms with Crippen molar-refractivity contribution >= 4 is 6.16 Å². The maximum atomic E-state index is 11.6. The first kappa shape index (κ1) is 12.1. The zero-order valence-electron chi connectivity index (χ0n) is 9.89. The summed E-state index contributed by atoms with van der Waals surface area (Å²) in [6.07, 6.45) is -1.04. The molecule has 104 valence electrons. The summed E-state index contributed by atoms with van der Waals surface area (Å²) in [6.45, 7) is 0.817. The quantitative estimate of drug-likeness (QED) is 0.742. The second-order valence-corrected chi connectivity index (χ2v) is 4.37. The van der Waals surface area contributed by atoms with E-state index in [1.165, 1.54) is 12.1 Å². The summed E-state index contributed by atoms with van der Waals surface area (Å²) in [5.74, 6) is -0.808. The summed E-state index contributed by atoms with van der Waals surface area (Å²) in [5.41, 5.74) is 0. The van der Waals surface area contributed by atoms with E-state index in [1.807, 2.05) is 0 Å². The van der Waals surface area contributed by atoms with Gasteiger partial charge in [-0.25, -0.2) is 4.79 Å². The molecular weight excluding hydrogens is 258 g/mol. The highest BCUT2D eigenvalue weighted by molar-refractivity contribution is 5.61. The van der Waals surface area contributed by atoms with E-state index >= 15 is 0 Å². The molecule has 2 fully saturated rings. The minimum absolute atomic E-state index is 0.000550. The number of ether oxygens (including phenoxy) is 3. The van der Waals surface area contributed by atoms with E-state index in [9.17, 15) is 15.0 Å². The van der Waals surface area contributed by atoms with Gasteiger partial charge in [-0.15, -0.1) is 4.73 Å². The summed E-state index contributed by atoms with van der Waals surface area (Å²) in [6, 6.07) is 2.37. The number of fused-ring (bicyclic) bond motifs is 1. The lowest BCUT2D eigenvalue weighted by Gasteiger charge is -2.15. The zero-order valence-corrected chi connectivity index (χ0v) is 9.89. The first-order valence-electron chi connectivity index (χ1n) is 5.87. The van der Waals surface area contributed by atoms with Crippen LogP contribution in [-0.4, -0.2) is 46.7 Å². The molecule has 2 aliphatic rings. The Morgan fingerprint density at radius 1 is 1.32 bits per heavy atom. The van der Waals surface area contributed by atoms with Crippen molar-refractivity contribution in [3.63, 3.8) is 0 Å². The van der Waals surface area contributed by atoms with Crippen molar-refractivity contribution in [2.75, 3.05) is 13.2 Å². The van der Waals surface area contributed by atoms with Gasteiger partial charge in [0.1, 0.15) is 6.10 Å². The van der Waals surface area contributed by atoms with Crippen molar-refractivity contribution in [1.29, 1.82) is 0 Å². The maximum absolute atomic E-state index is 11.6. The Bertz CT molecular complexity index is 466. The largest absolute Gasteiger partial charge is 0.534 e. The molecule has 19 heavy (non-hydrogen) atoms. The number of aromatic nitrogens is 1. The Morgan fingerprint density at radius 2 is 2.05 bits per heavy atom. The Morgan fingerprint density at radius 3 is 2.79 bits per heavy atom. The normalized spacial score (nSPS) is 29.2. The predicted molar refractivity (Wildman–Crippen MR) is 58.4 cm³/mol. The van der Waals surface area contributed by atoms with Gasteiger partial charge < -0.3 is 24.4 Å². The van der Waals surface area contributed by atoms with Crippen LogP contribution in [0.25, 0.3) is 0 Å². The number of aromatic hydroxyl groups is 2. The average Bonchev–Trinajstić information content (AvgIpc) is 3.03. The van der Waals surface area contributed by atoms with Crippen molar-refractivity contribution < 1.29 is 34.1 Å².